The lowest BCUT2D eigenvalue weighted by Crippen LogP contribution is -2.31. The first kappa shape index (κ1) is 15.3. The van der Waals surface area contributed by atoms with Gasteiger partial charge < -0.3 is 0 Å². The van der Waals surface area contributed by atoms with Crippen LogP contribution in [0.1, 0.15) is 19.4 Å². The SMILES string of the molecule is Cc1ccc2scnc2c1-c1n(CC(C)C)c2ccccc2[n+]1C. The molecular formula is C20H22N3S+. The van der Waals surface area contributed by atoms with Gasteiger partial charge in [0.05, 0.1) is 34.9 Å². The monoisotopic (exact) mass is 336 g/mol. The largest absolute Gasteiger partial charge is 0.292 e. The molecule has 0 fully saturated rings. The van der Waals surface area contributed by atoms with E-state index in [1.807, 2.05) is 5.51 Å². The van der Waals surface area contributed by atoms with E-state index in [2.05, 4.69) is 78.3 Å². The third-order valence-electron chi connectivity index (χ3n) is 4.59. The van der Waals surface area contributed by atoms with E-state index in [0.717, 1.165) is 12.1 Å². The molecule has 2 aromatic carbocycles. The molecule has 0 radical (unpaired) electrons. The number of para-hydroxylation sites is 2. The molecule has 0 saturated heterocycles. The molecule has 4 aromatic rings. The minimum absolute atomic E-state index is 0.578. The van der Waals surface area contributed by atoms with Crippen LogP contribution >= 0.6 is 11.3 Å². The zero-order valence-electron chi connectivity index (χ0n) is 14.6. The number of nitrogens with zero attached hydrogens (tertiary/aromatic N) is 3. The van der Waals surface area contributed by atoms with Gasteiger partial charge in [-0.15, -0.1) is 11.3 Å². The van der Waals surface area contributed by atoms with Crippen molar-refractivity contribution in [1.29, 1.82) is 0 Å². The number of aromatic nitrogens is 3. The van der Waals surface area contributed by atoms with Crippen molar-refractivity contribution >= 4 is 32.6 Å². The predicted molar refractivity (Wildman–Crippen MR) is 101 cm³/mol. The first-order valence-corrected chi connectivity index (χ1v) is 9.26. The molecule has 0 atom stereocenters. The standard InChI is InChI=1S/C20H22N3S/c1-13(2)11-23-16-8-6-5-7-15(16)22(4)20(23)18-14(3)9-10-17-19(18)21-12-24-17/h5-10,12-13H,11H2,1-4H3/q+1. The molecule has 0 aliphatic rings. The van der Waals surface area contributed by atoms with E-state index >= 15 is 0 Å². The second-order valence-electron chi connectivity index (χ2n) is 6.83. The maximum absolute atomic E-state index is 4.68. The molecule has 0 bridgehead atoms. The number of hydrogen-bond acceptors (Lipinski definition) is 2. The number of imidazole rings is 1. The normalized spacial score (nSPS) is 11.9. The number of rotatable bonds is 3. The third-order valence-corrected chi connectivity index (χ3v) is 5.38. The summed E-state index contributed by atoms with van der Waals surface area (Å²) < 4.78 is 6.02. The van der Waals surface area contributed by atoms with E-state index < -0.39 is 0 Å². The number of hydrogen-bond donors (Lipinski definition) is 0. The van der Waals surface area contributed by atoms with Crippen LogP contribution in [-0.4, -0.2) is 9.55 Å². The van der Waals surface area contributed by atoms with E-state index in [1.54, 1.807) is 11.3 Å². The molecule has 0 saturated carbocycles. The molecule has 0 unspecified atom stereocenters. The Bertz CT molecular complexity index is 1040. The fraction of sp³-hybridized carbons (Fsp3) is 0.300. The van der Waals surface area contributed by atoms with Crippen LogP contribution in [-0.2, 0) is 13.6 Å². The Balaban J connectivity index is 2.14. The van der Waals surface area contributed by atoms with Gasteiger partial charge in [-0.2, -0.15) is 0 Å². The van der Waals surface area contributed by atoms with E-state index in [0.29, 0.717) is 5.92 Å². The van der Waals surface area contributed by atoms with Crippen LogP contribution < -0.4 is 4.57 Å². The molecule has 0 amide bonds. The van der Waals surface area contributed by atoms with Crippen molar-refractivity contribution in [3.8, 4) is 11.4 Å². The smallest absolute Gasteiger partial charge is 0.244 e. The zero-order chi connectivity index (χ0) is 16.8. The van der Waals surface area contributed by atoms with Crippen LogP contribution in [0.25, 0.3) is 32.6 Å². The molecular weight excluding hydrogens is 314 g/mol. The quantitative estimate of drug-likeness (QED) is 0.497. The zero-order valence-corrected chi connectivity index (χ0v) is 15.4. The second-order valence-corrected chi connectivity index (χ2v) is 7.72. The summed E-state index contributed by atoms with van der Waals surface area (Å²) in [5, 5.41) is 0. The summed E-state index contributed by atoms with van der Waals surface area (Å²) in [5.74, 6) is 1.83. The van der Waals surface area contributed by atoms with Crippen LogP contribution in [0.2, 0.25) is 0 Å². The first-order valence-electron chi connectivity index (χ1n) is 8.38. The van der Waals surface area contributed by atoms with Crippen molar-refractivity contribution in [1.82, 2.24) is 9.55 Å². The fourth-order valence-electron chi connectivity index (χ4n) is 3.55. The van der Waals surface area contributed by atoms with E-state index in [9.17, 15) is 0 Å². The Kier molecular flexibility index (Phi) is 3.65. The van der Waals surface area contributed by atoms with Gasteiger partial charge in [-0.25, -0.2) is 14.1 Å². The molecule has 0 aliphatic heterocycles. The summed E-state index contributed by atoms with van der Waals surface area (Å²) in [7, 11) is 2.17. The lowest BCUT2D eigenvalue weighted by molar-refractivity contribution is -0.634. The highest BCUT2D eigenvalue weighted by atomic mass is 32.1. The van der Waals surface area contributed by atoms with Gasteiger partial charge in [-0.3, -0.25) is 0 Å². The van der Waals surface area contributed by atoms with Crippen molar-refractivity contribution in [2.45, 2.75) is 27.3 Å². The first-order chi connectivity index (χ1) is 11.6. The molecule has 0 N–H and O–H groups in total. The number of fused-ring (bicyclic) bond motifs is 2. The van der Waals surface area contributed by atoms with Gasteiger partial charge in [-0.05, 0) is 36.6 Å². The number of benzene rings is 2. The summed E-state index contributed by atoms with van der Waals surface area (Å²) in [6.45, 7) is 7.73. The average Bonchev–Trinajstić information content (AvgIpc) is 3.13. The highest BCUT2D eigenvalue weighted by molar-refractivity contribution is 7.16. The highest BCUT2D eigenvalue weighted by Gasteiger charge is 2.28. The van der Waals surface area contributed by atoms with Gasteiger partial charge in [0.2, 0.25) is 0 Å². The molecule has 4 rings (SSSR count). The van der Waals surface area contributed by atoms with Crippen LogP contribution in [0, 0.1) is 12.8 Å². The number of thiazole rings is 1. The Hall–Kier alpha value is -2.20. The Morgan fingerprint density at radius 1 is 1.17 bits per heavy atom. The highest BCUT2D eigenvalue weighted by Crippen LogP contribution is 2.33. The average molecular weight is 336 g/mol. The number of aryl methyl sites for hydroxylation is 2. The Morgan fingerprint density at radius 3 is 2.75 bits per heavy atom. The summed E-state index contributed by atoms with van der Waals surface area (Å²) in [4.78, 5) is 4.68. The summed E-state index contributed by atoms with van der Waals surface area (Å²) in [6, 6.07) is 13.1. The maximum atomic E-state index is 4.68. The van der Waals surface area contributed by atoms with Crippen LogP contribution in [0.5, 0.6) is 0 Å². The van der Waals surface area contributed by atoms with Gasteiger partial charge in [0, 0.05) is 0 Å². The second kappa shape index (κ2) is 5.71. The topological polar surface area (TPSA) is 21.7 Å². The van der Waals surface area contributed by atoms with Crippen LogP contribution in [0.3, 0.4) is 0 Å². The van der Waals surface area contributed by atoms with Gasteiger partial charge in [0.1, 0.15) is 0 Å². The van der Waals surface area contributed by atoms with Gasteiger partial charge in [0.25, 0.3) is 5.82 Å². The molecule has 4 heteroatoms. The lowest BCUT2D eigenvalue weighted by Gasteiger charge is -2.09. The molecule has 24 heavy (non-hydrogen) atoms. The minimum Gasteiger partial charge on any atom is -0.244 e. The third kappa shape index (κ3) is 2.25. The molecule has 3 nitrogen and oxygen atoms in total. The van der Waals surface area contributed by atoms with Crippen LogP contribution in [0.15, 0.2) is 41.9 Å². The molecule has 0 spiro atoms. The van der Waals surface area contributed by atoms with E-state index in [4.69, 9.17) is 0 Å². The molecule has 122 valence electrons. The van der Waals surface area contributed by atoms with Gasteiger partial charge in [-0.1, -0.05) is 32.0 Å². The van der Waals surface area contributed by atoms with E-state index in [-0.39, 0.29) is 0 Å². The maximum Gasteiger partial charge on any atom is 0.292 e. The van der Waals surface area contributed by atoms with Crippen molar-refractivity contribution in [3.63, 3.8) is 0 Å². The van der Waals surface area contributed by atoms with Crippen molar-refractivity contribution in [2.75, 3.05) is 0 Å². The Morgan fingerprint density at radius 2 is 1.96 bits per heavy atom. The minimum atomic E-state index is 0.578. The molecule has 0 aliphatic carbocycles. The fourth-order valence-corrected chi connectivity index (χ4v) is 4.24. The summed E-state index contributed by atoms with van der Waals surface area (Å²) in [6.07, 6.45) is 0. The lowest BCUT2D eigenvalue weighted by atomic mass is 10.1. The van der Waals surface area contributed by atoms with Gasteiger partial charge in [0.15, 0.2) is 11.0 Å². The van der Waals surface area contributed by atoms with Crippen molar-refractivity contribution in [3.05, 3.63) is 47.5 Å². The molecule has 2 aromatic heterocycles. The van der Waals surface area contributed by atoms with Crippen molar-refractivity contribution < 1.29 is 4.57 Å². The molecule has 2 heterocycles. The van der Waals surface area contributed by atoms with Gasteiger partial charge >= 0.3 is 0 Å². The summed E-state index contributed by atoms with van der Waals surface area (Å²) in [5.41, 5.74) is 8.15. The van der Waals surface area contributed by atoms with Crippen LogP contribution in [0.4, 0.5) is 0 Å². The summed E-state index contributed by atoms with van der Waals surface area (Å²) >= 11 is 1.71. The Labute approximate surface area is 146 Å². The predicted octanol–water partition coefficient (Wildman–Crippen LogP) is 4.71. The van der Waals surface area contributed by atoms with Crippen molar-refractivity contribution in [2.24, 2.45) is 13.0 Å². The van der Waals surface area contributed by atoms with E-state index in [1.165, 1.54) is 32.7 Å².